The first-order valence-corrected chi connectivity index (χ1v) is 8.74. The van der Waals surface area contributed by atoms with E-state index in [1.807, 2.05) is 23.1 Å². The second kappa shape index (κ2) is 7.32. The summed E-state index contributed by atoms with van der Waals surface area (Å²) in [5.41, 5.74) is 1.72. The van der Waals surface area contributed by atoms with Crippen molar-refractivity contribution in [2.75, 3.05) is 44.3 Å². The Morgan fingerprint density at radius 2 is 1.92 bits per heavy atom. The molecular formula is C18H22N2O3S. The van der Waals surface area contributed by atoms with Crippen LogP contribution in [0, 0.1) is 0 Å². The number of ether oxygens (including phenoxy) is 1. The van der Waals surface area contributed by atoms with Crippen molar-refractivity contribution in [2.45, 2.75) is 13.8 Å². The number of morpholine rings is 1. The molecule has 1 fully saturated rings. The molecule has 0 unspecified atom stereocenters. The van der Waals surface area contributed by atoms with Gasteiger partial charge in [0, 0.05) is 43.3 Å². The topological polar surface area (TPSA) is 45.9 Å². The molecule has 3 rings (SSSR count). The van der Waals surface area contributed by atoms with Gasteiger partial charge in [0.2, 0.25) is 0 Å². The third-order valence-electron chi connectivity index (χ3n) is 4.38. The van der Waals surface area contributed by atoms with Crippen LogP contribution >= 0.6 is 12.2 Å². The first kappa shape index (κ1) is 16.9. The summed E-state index contributed by atoms with van der Waals surface area (Å²) in [5, 5.41) is 0.885. The predicted molar refractivity (Wildman–Crippen MR) is 100 cm³/mol. The molecule has 24 heavy (non-hydrogen) atoms. The minimum absolute atomic E-state index is 0.379. The molecule has 0 N–H and O–H groups in total. The number of nitrogens with zero attached hydrogens (tertiary/aromatic N) is 2. The van der Waals surface area contributed by atoms with Crippen molar-refractivity contribution in [3.05, 3.63) is 40.2 Å². The number of rotatable bonds is 4. The Balaban J connectivity index is 1.97. The van der Waals surface area contributed by atoms with Gasteiger partial charge in [-0.15, -0.1) is 0 Å². The maximum Gasteiger partial charge on any atom is 0.346 e. The van der Waals surface area contributed by atoms with Crippen LogP contribution in [-0.4, -0.2) is 49.3 Å². The third kappa shape index (κ3) is 3.30. The summed E-state index contributed by atoms with van der Waals surface area (Å²) in [6, 6.07) is 7.80. The second-order valence-corrected chi connectivity index (χ2v) is 6.13. The Kier molecular flexibility index (Phi) is 5.16. The molecule has 0 atom stereocenters. The van der Waals surface area contributed by atoms with Gasteiger partial charge in [-0.05, 0) is 32.0 Å². The van der Waals surface area contributed by atoms with Crippen molar-refractivity contribution in [2.24, 2.45) is 0 Å². The van der Waals surface area contributed by atoms with E-state index in [2.05, 4.69) is 24.8 Å². The smallest absolute Gasteiger partial charge is 0.346 e. The minimum atomic E-state index is -0.379. The first-order valence-electron chi connectivity index (χ1n) is 8.34. The maximum absolute atomic E-state index is 12.4. The quantitative estimate of drug-likeness (QED) is 0.626. The van der Waals surface area contributed by atoms with Gasteiger partial charge < -0.3 is 19.0 Å². The Morgan fingerprint density at radius 1 is 1.21 bits per heavy atom. The summed E-state index contributed by atoms with van der Waals surface area (Å²) >= 11 is 5.50. The van der Waals surface area contributed by atoms with Crippen LogP contribution in [-0.2, 0) is 4.74 Å². The first-order chi connectivity index (χ1) is 11.6. The Morgan fingerprint density at radius 3 is 2.58 bits per heavy atom. The molecule has 1 aliphatic heterocycles. The number of fused-ring (bicyclic) bond motifs is 1. The summed E-state index contributed by atoms with van der Waals surface area (Å²) in [6.45, 7) is 8.70. The molecule has 6 heteroatoms. The number of thiocarbonyl (C=S) groups is 1. The van der Waals surface area contributed by atoms with E-state index in [-0.39, 0.29) is 5.63 Å². The van der Waals surface area contributed by atoms with Crippen molar-refractivity contribution in [3.8, 4) is 0 Å². The van der Waals surface area contributed by atoms with Crippen LogP contribution < -0.4 is 10.5 Å². The molecule has 1 aromatic heterocycles. The standard InChI is InChI=1S/C18H22N2O3S/c1-3-19(4-2)14-6-5-13-11-15(18(21)23-16(13)12-14)17(24)20-7-9-22-10-8-20/h5-6,11-12H,3-4,7-10H2,1-2H3. The largest absolute Gasteiger partial charge is 0.422 e. The molecule has 5 nitrogen and oxygen atoms in total. The van der Waals surface area contributed by atoms with Gasteiger partial charge in [0.15, 0.2) is 0 Å². The lowest BCUT2D eigenvalue weighted by molar-refractivity contribution is 0.0692. The van der Waals surface area contributed by atoms with E-state index < -0.39 is 0 Å². The number of anilines is 1. The summed E-state index contributed by atoms with van der Waals surface area (Å²) in [4.78, 5) is 17.2. The Hall–Kier alpha value is -1.92. The van der Waals surface area contributed by atoms with Crippen LogP contribution in [0.1, 0.15) is 19.4 Å². The van der Waals surface area contributed by atoms with Crippen molar-refractivity contribution in [3.63, 3.8) is 0 Å². The summed E-state index contributed by atoms with van der Waals surface area (Å²) in [5.74, 6) is 0. The zero-order valence-electron chi connectivity index (χ0n) is 14.1. The molecule has 0 radical (unpaired) electrons. The number of hydrogen-bond acceptors (Lipinski definition) is 5. The van der Waals surface area contributed by atoms with E-state index in [0.29, 0.717) is 42.4 Å². The van der Waals surface area contributed by atoms with Gasteiger partial charge in [-0.2, -0.15) is 0 Å². The summed E-state index contributed by atoms with van der Waals surface area (Å²) < 4.78 is 10.9. The average Bonchev–Trinajstić information content (AvgIpc) is 2.62. The highest BCUT2D eigenvalue weighted by Gasteiger charge is 2.19. The van der Waals surface area contributed by atoms with Crippen LogP contribution in [0.25, 0.3) is 11.0 Å². The van der Waals surface area contributed by atoms with Gasteiger partial charge in [-0.1, -0.05) is 12.2 Å². The van der Waals surface area contributed by atoms with Gasteiger partial charge in [0.25, 0.3) is 0 Å². The molecule has 2 heterocycles. The highest BCUT2D eigenvalue weighted by atomic mass is 32.1. The lowest BCUT2D eigenvalue weighted by atomic mass is 10.1. The van der Waals surface area contributed by atoms with Crippen molar-refractivity contribution in [1.29, 1.82) is 0 Å². The Bertz CT molecular complexity index is 792. The molecule has 2 aromatic rings. The van der Waals surface area contributed by atoms with Crippen molar-refractivity contribution < 1.29 is 9.15 Å². The van der Waals surface area contributed by atoms with Crippen LogP contribution in [0.2, 0.25) is 0 Å². The fourth-order valence-electron chi connectivity index (χ4n) is 2.97. The number of hydrogen-bond donors (Lipinski definition) is 0. The van der Waals surface area contributed by atoms with E-state index >= 15 is 0 Å². The zero-order valence-corrected chi connectivity index (χ0v) is 14.9. The molecule has 0 aliphatic carbocycles. The fraction of sp³-hybridized carbons (Fsp3) is 0.444. The molecular weight excluding hydrogens is 324 g/mol. The van der Waals surface area contributed by atoms with E-state index in [0.717, 1.165) is 24.2 Å². The molecule has 1 saturated heterocycles. The lowest BCUT2D eigenvalue weighted by Gasteiger charge is -2.28. The van der Waals surface area contributed by atoms with Gasteiger partial charge in [0.05, 0.1) is 18.8 Å². The van der Waals surface area contributed by atoms with Crippen LogP contribution in [0.3, 0.4) is 0 Å². The second-order valence-electron chi connectivity index (χ2n) is 5.75. The molecule has 1 aromatic carbocycles. The van der Waals surface area contributed by atoms with Crippen LogP contribution in [0.4, 0.5) is 5.69 Å². The highest BCUT2D eigenvalue weighted by Crippen LogP contribution is 2.22. The molecule has 0 amide bonds. The molecule has 0 spiro atoms. The highest BCUT2D eigenvalue weighted by molar-refractivity contribution is 7.80. The molecule has 128 valence electrons. The summed E-state index contributed by atoms with van der Waals surface area (Å²) in [6.07, 6.45) is 0. The molecule has 0 bridgehead atoms. The third-order valence-corrected chi connectivity index (χ3v) is 4.85. The van der Waals surface area contributed by atoms with Crippen molar-refractivity contribution in [1.82, 2.24) is 4.90 Å². The Labute approximate surface area is 146 Å². The monoisotopic (exact) mass is 346 g/mol. The average molecular weight is 346 g/mol. The van der Waals surface area contributed by atoms with Crippen molar-refractivity contribution >= 4 is 33.9 Å². The fourth-order valence-corrected chi connectivity index (χ4v) is 3.30. The van der Waals surface area contributed by atoms with Gasteiger partial charge in [0.1, 0.15) is 10.6 Å². The molecule has 1 aliphatic rings. The van der Waals surface area contributed by atoms with E-state index in [9.17, 15) is 4.79 Å². The van der Waals surface area contributed by atoms with E-state index in [1.54, 1.807) is 0 Å². The number of benzene rings is 1. The van der Waals surface area contributed by atoms with E-state index in [1.165, 1.54) is 0 Å². The van der Waals surface area contributed by atoms with Gasteiger partial charge in [-0.25, -0.2) is 4.79 Å². The zero-order chi connectivity index (χ0) is 17.1. The van der Waals surface area contributed by atoms with Crippen LogP contribution in [0.15, 0.2) is 33.5 Å². The van der Waals surface area contributed by atoms with E-state index in [4.69, 9.17) is 21.4 Å². The SMILES string of the molecule is CCN(CC)c1ccc2cc(C(=S)N3CCOCC3)c(=O)oc2c1. The summed E-state index contributed by atoms with van der Waals surface area (Å²) in [7, 11) is 0. The lowest BCUT2D eigenvalue weighted by Crippen LogP contribution is -2.41. The van der Waals surface area contributed by atoms with Crippen LogP contribution in [0.5, 0.6) is 0 Å². The minimum Gasteiger partial charge on any atom is -0.422 e. The van der Waals surface area contributed by atoms with Gasteiger partial charge >= 0.3 is 5.63 Å². The maximum atomic E-state index is 12.4. The molecule has 0 saturated carbocycles. The predicted octanol–water partition coefficient (Wildman–Crippen LogP) is 2.65. The normalized spacial score (nSPS) is 14.8. The van der Waals surface area contributed by atoms with Gasteiger partial charge in [-0.3, -0.25) is 0 Å².